The molecule has 0 saturated carbocycles. The Morgan fingerprint density at radius 3 is 2.47 bits per heavy atom. The van der Waals surface area contributed by atoms with Crippen LogP contribution in [0.5, 0.6) is 0 Å². The maximum absolute atomic E-state index is 13.6. The van der Waals surface area contributed by atoms with Gasteiger partial charge >= 0.3 is 0 Å². The van der Waals surface area contributed by atoms with Gasteiger partial charge in [-0.25, -0.2) is 0 Å². The van der Waals surface area contributed by atoms with Crippen LogP contribution in [0.25, 0.3) is 0 Å². The second-order valence-corrected chi connectivity index (χ2v) is 8.66. The lowest BCUT2D eigenvalue weighted by atomic mass is 9.89. The highest BCUT2D eigenvalue weighted by molar-refractivity contribution is 7.10. The van der Waals surface area contributed by atoms with Crippen molar-refractivity contribution in [3.05, 3.63) is 82.6 Å². The molecule has 1 aromatic heterocycles. The lowest BCUT2D eigenvalue weighted by Gasteiger charge is -2.43. The predicted octanol–water partition coefficient (Wildman–Crippen LogP) is 5.60. The van der Waals surface area contributed by atoms with Gasteiger partial charge in [-0.3, -0.25) is 9.59 Å². The van der Waals surface area contributed by atoms with Gasteiger partial charge in [0.25, 0.3) is 0 Å². The molecule has 2 atom stereocenters. The summed E-state index contributed by atoms with van der Waals surface area (Å²) in [5.41, 5.74) is 2.83. The average molecular weight is 419 g/mol. The van der Waals surface area contributed by atoms with Crippen LogP contribution in [0.1, 0.15) is 43.2 Å². The molecule has 2 aromatic carbocycles. The summed E-state index contributed by atoms with van der Waals surface area (Å²) in [4.78, 5) is 31.1. The van der Waals surface area contributed by atoms with E-state index in [0.717, 1.165) is 21.8 Å². The third-order valence-electron chi connectivity index (χ3n) is 5.65. The molecule has 4 nitrogen and oxygen atoms in total. The number of carbonyl (C=O) groups excluding carboxylic acids is 2. The Bertz CT molecular complexity index is 1020. The van der Waals surface area contributed by atoms with Crippen molar-refractivity contribution in [2.45, 2.75) is 45.2 Å². The van der Waals surface area contributed by atoms with Gasteiger partial charge in [0.1, 0.15) is 0 Å². The molecule has 0 unspecified atom stereocenters. The summed E-state index contributed by atoms with van der Waals surface area (Å²) in [7, 11) is 0. The molecule has 2 heterocycles. The van der Waals surface area contributed by atoms with Crippen molar-refractivity contribution in [2.75, 3.05) is 9.80 Å². The standard InChI is InChI=1S/C25H26N2O2S/c1-3-24(28)26-18(2)16-23(21-13-7-8-14-22(21)26)27(19-10-5-4-6-11-19)25(29)17-20-12-9-15-30-20/h4-15,18,23H,3,16-17H2,1-2H3/t18-,23-/m1/s1. The number of hydrogen-bond acceptors (Lipinski definition) is 3. The quantitative estimate of drug-likeness (QED) is 0.541. The molecule has 3 aromatic rings. The minimum absolute atomic E-state index is 0.0121. The van der Waals surface area contributed by atoms with Crippen molar-refractivity contribution in [1.82, 2.24) is 0 Å². The number of para-hydroxylation sites is 2. The Labute approximate surface area is 181 Å². The van der Waals surface area contributed by atoms with Crippen LogP contribution in [0.2, 0.25) is 0 Å². The minimum atomic E-state index is -0.119. The third kappa shape index (κ3) is 3.90. The molecular weight excluding hydrogens is 392 g/mol. The zero-order valence-corrected chi connectivity index (χ0v) is 18.1. The molecule has 0 saturated heterocycles. The lowest BCUT2D eigenvalue weighted by molar-refractivity contribution is -0.118. The predicted molar refractivity (Wildman–Crippen MR) is 123 cm³/mol. The number of nitrogens with zero attached hydrogens (tertiary/aromatic N) is 2. The fourth-order valence-electron chi connectivity index (χ4n) is 4.31. The van der Waals surface area contributed by atoms with Gasteiger partial charge in [-0.2, -0.15) is 0 Å². The molecular formula is C25H26N2O2S. The lowest BCUT2D eigenvalue weighted by Crippen LogP contribution is -2.47. The Morgan fingerprint density at radius 1 is 1.03 bits per heavy atom. The Kier molecular flexibility index (Phi) is 6.00. The second-order valence-electron chi connectivity index (χ2n) is 7.63. The minimum Gasteiger partial charge on any atom is -0.309 e. The summed E-state index contributed by atoms with van der Waals surface area (Å²) in [6, 6.07) is 21.7. The number of thiophene rings is 1. The molecule has 30 heavy (non-hydrogen) atoms. The van der Waals surface area contributed by atoms with E-state index in [-0.39, 0.29) is 23.9 Å². The van der Waals surface area contributed by atoms with Crippen LogP contribution in [0.3, 0.4) is 0 Å². The normalized spacial score (nSPS) is 18.0. The fraction of sp³-hybridized carbons (Fsp3) is 0.280. The summed E-state index contributed by atoms with van der Waals surface area (Å²) in [6.07, 6.45) is 1.54. The number of hydrogen-bond donors (Lipinski definition) is 0. The summed E-state index contributed by atoms with van der Waals surface area (Å²) < 4.78 is 0. The van der Waals surface area contributed by atoms with Crippen molar-refractivity contribution < 1.29 is 9.59 Å². The van der Waals surface area contributed by atoms with Crippen LogP contribution in [0, 0.1) is 0 Å². The van der Waals surface area contributed by atoms with Gasteiger partial charge in [-0.1, -0.05) is 49.4 Å². The maximum atomic E-state index is 13.6. The molecule has 0 aliphatic carbocycles. The summed E-state index contributed by atoms with van der Waals surface area (Å²) in [5, 5.41) is 2.00. The highest BCUT2D eigenvalue weighted by Crippen LogP contribution is 2.42. The maximum Gasteiger partial charge on any atom is 0.232 e. The first-order chi connectivity index (χ1) is 14.6. The van der Waals surface area contributed by atoms with Gasteiger partial charge in [-0.05, 0) is 48.6 Å². The molecule has 0 radical (unpaired) electrons. The number of carbonyl (C=O) groups is 2. The van der Waals surface area contributed by atoms with Crippen molar-refractivity contribution in [3.8, 4) is 0 Å². The van der Waals surface area contributed by atoms with E-state index >= 15 is 0 Å². The largest absolute Gasteiger partial charge is 0.309 e. The van der Waals surface area contributed by atoms with Crippen LogP contribution >= 0.6 is 11.3 Å². The van der Waals surface area contributed by atoms with Gasteiger partial charge in [0.05, 0.1) is 12.5 Å². The molecule has 1 aliphatic heterocycles. The molecule has 154 valence electrons. The SMILES string of the molecule is CCC(=O)N1c2ccccc2[C@H](N(C(=O)Cc2cccs2)c2ccccc2)C[C@H]1C. The third-order valence-corrected chi connectivity index (χ3v) is 6.53. The molecule has 0 spiro atoms. The summed E-state index contributed by atoms with van der Waals surface area (Å²) >= 11 is 1.60. The Morgan fingerprint density at radius 2 is 1.77 bits per heavy atom. The molecule has 2 amide bonds. The number of benzene rings is 2. The summed E-state index contributed by atoms with van der Waals surface area (Å²) in [5.74, 6) is 0.190. The van der Waals surface area contributed by atoms with Crippen LogP contribution in [-0.4, -0.2) is 17.9 Å². The van der Waals surface area contributed by atoms with Gasteiger partial charge in [0, 0.05) is 28.7 Å². The van der Waals surface area contributed by atoms with E-state index in [0.29, 0.717) is 19.3 Å². The van der Waals surface area contributed by atoms with E-state index in [2.05, 4.69) is 13.0 Å². The van der Waals surface area contributed by atoms with Gasteiger partial charge in [-0.15, -0.1) is 11.3 Å². The van der Waals surface area contributed by atoms with E-state index in [1.807, 2.05) is 82.8 Å². The molecule has 4 rings (SSSR count). The van der Waals surface area contributed by atoms with Crippen molar-refractivity contribution in [2.24, 2.45) is 0 Å². The van der Waals surface area contributed by atoms with Crippen molar-refractivity contribution in [3.63, 3.8) is 0 Å². The van der Waals surface area contributed by atoms with Crippen LogP contribution in [0.15, 0.2) is 72.1 Å². The number of rotatable bonds is 5. The number of amides is 2. The second kappa shape index (κ2) is 8.84. The van der Waals surface area contributed by atoms with E-state index in [9.17, 15) is 9.59 Å². The smallest absolute Gasteiger partial charge is 0.232 e. The van der Waals surface area contributed by atoms with Crippen LogP contribution in [-0.2, 0) is 16.0 Å². The fourth-order valence-corrected chi connectivity index (χ4v) is 5.01. The zero-order chi connectivity index (χ0) is 21.1. The van der Waals surface area contributed by atoms with Crippen molar-refractivity contribution >= 4 is 34.5 Å². The van der Waals surface area contributed by atoms with Gasteiger partial charge in [0.15, 0.2) is 0 Å². The van der Waals surface area contributed by atoms with E-state index in [1.165, 1.54) is 0 Å². The molecule has 1 aliphatic rings. The van der Waals surface area contributed by atoms with E-state index in [4.69, 9.17) is 0 Å². The molecule has 5 heteroatoms. The Balaban J connectivity index is 1.78. The van der Waals surface area contributed by atoms with Gasteiger partial charge < -0.3 is 9.80 Å². The van der Waals surface area contributed by atoms with Crippen LogP contribution in [0.4, 0.5) is 11.4 Å². The first-order valence-corrected chi connectivity index (χ1v) is 11.3. The molecule has 0 bridgehead atoms. The zero-order valence-electron chi connectivity index (χ0n) is 17.3. The van der Waals surface area contributed by atoms with E-state index in [1.54, 1.807) is 11.3 Å². The highest BCUT2D eigenvalue weighted by Gasteiger charge is 2.38. The number of fused-ring (bicyclic) bond motifs is 1. The summed E-state index contributed by atoms with van der Waals surface area (Å²) in [6.45, 7) is 3.97. The monoisotopic (exact) mass is 418 g/mol. The van der Waals surface area contributed by atoms with E-state index < -0.39 is 0 Å². The van der Waals surface area contributed by atoms with Crippen molar-refractivity contribution in [1.29, 1.82) is 0 Å². The molecule has 0 fully saturated rings. The average Bonchev–Trinajstić information content (AvgIpc) is 3.27. The number of anilines is 2. The van der Waals surface area contributed by atoms with Gasteiger partial charge in [0.2, 0.25) is 11.8 Å². The topological polar surface area (TPSA) is 40.6 Å². The first kappa shape index (κ1) is 20.4. The first-order valence-electron chi connectivity index (χ1n) is 10.4. The molecule has 0 N–H and O–H groups in total. The Hall–Kier alpha value is -2.92. The van der Waals surface area contributed by atoms with Crippen LogP contribution < -0.4 is 9.80 Å². The highest BCUT2D eigenvalue weighted by atomic mass is 32.1.